The monoisotopic (exact) mass is 389 g/mol. The largest absolute Gasteiger partial charge is 0.378 e. The highest BCUT2D eigenvalue weighted by molar-refractivity contribution is 5.90. The molecular formula is C22H35N3O3. The Balaban J connectivity index is 1.69. The summed E-state index contributed by atoms with van der Waals surface area (Å²) in [5.41, 5.74) is 2.02. The molecule has 6 heteroatoms. The fourth-order valence-corrected chi connectivity index (χ4v) is 3.48. The van der Waals surface area contributed by atoms with Gasteiger partial charge in [0.1, 0.15) is 0 Å². The van der Waals surface area contributed by atoms with E-state index in [4.69, 9.17) is 4.74 Å². The SMILES string of the molecule is CC(=O)N1CCN(Cc2ccc(NC(=O)CCOC(C)CC(C)C)cc2)CC1. The molecule has 1 unspecified atom stereocenters. The number of rotatable bonds is 9. The quantitative estimate of drug-likeness (QED) is 0.705. The number of ether oxygens (including phenoxy) is 1. The second-order valence-corrected chi connectivity index (χ2v) is 8.09. The first-order valence-electron chi connectivity index (χ1n) is 10.3. The highest BCUT2D eigenvalue weighted by Gasteiger charge is 2.18. The van der Waals surface area contributed by atoms with Gasteiger partial charge in [0, 0.05) is 45.3 Å². The van der Waals surface area contributed by atoms with Gasteiger partial charge in [-0.2, -0.15) is 0 Å². The minimum Gasteiger partial charge on any atom is -0.378 e. The van der Waals surface area contributed by atoms with Gasteiger partial charge in [0.2, 0.25) is 11.8 Å². The van der Waals surface area contributed by atoms with Crippen LogP contribution in [0.3, 0.4) is 0 Å². The van der Waals surface area contributed by atoms with E-state index in [1.54, 1.807) is 6.92 Å². The van der Waals surface area contributed by atoms with Crippen LogP contribution in [0.25, 0.3) is 0 Å². The van der Waals surface area contributed by atoms with Crippen molar-refractivity contribution in [3.05, 3.63) is 29.8 Å². The molecule has 0 radical (unpaired) electrons. The first-order chi connectivity index (χ1) is 13.3. The number of nitrogens with one attached hydrogen (secondary N) is 1. The van der Waals surface area contributed by atoms with Crippen LogP contribution in [0.1, 0.15) is 46.1 Å². The van der Waals surface area contributed by atoms with Gasteiger partial charge in [0.15, 0.2) is 0 Å². The van der Waals surface area contributed by atoms with E-state index in [0.717, 1.165) is 44.8 Å². The van der Waals surface area contributed by atoms with E-state index in [1.807, 2.05) is 29.2 Å². The molecule has 1 N–H and O–H groups in total. The molecule has 0 aliphatic carbocycles. The summed E-state index contributed by atoms with van der Waals surface area (Å²) < 4.78 is 5.70. The third kappa shape index (κ3) is 7.98. The summed E-state index contributed by atoms with van der Waals surface area (Å²) in [6.07, 6.45) is 1.56. The minimum atomic E-state index is -0.0233. The average Bonchev–Trinajstić information content (AvgIpc) is 2.63. The lowest BCUT2D eigenvalue weighted by atomic mass is 10.1. The number of carbonyl (C=O) groups is 2. The van der Waals surface area contributed by atoms with Gasteiger partial charge in [-0.15, -0.1) is 0 Å². The van der Waals surface area contributed by atoms with E-state index < -0.39 is 0 Å². The molecule has 1 heterocycles. The van der Waals surface area contributed by atoms with E-state index in [2.05, 4.69) is 31.0 Å². The average molecular weight is 390 g/mol. The molecule has 2 amide bonds. The van der Waals surface area contributed by atoms with E-state index >= 15 is 0 Å². The van der Waals surface area contributed by atoms with Crippen LogP contribution < -0.4 is 5.32 Å². The highest BCUT2D eigenvalue weighted by atomic mass is 16.5. The molecule has 28 heavy (non-hydrogen) atoms. The number of carbonyl (C=O) groups excluding carboxylic acids is 2. The van der Waals surface area contributed by atoms with Crippen LogP contribution in [0, 0.1) is 5.92 Å². The molecular weight excluding hydrogens is 354 g/mol. The van der Waals surface area contributed by atoms with Crippen molar-refractivity contribution in [1.29, 1.82) is 0 Å². The zero-order chi connectivity index (χ0) is 20.5. The number of piperazine rings is 1. The molecule has 1 aromatic rings. The van der Waals surface area contributed by atoms with Crippen molar-refractivity contribution in [2.75, 3.05) is 38.1 Å². The summed E-state index contributed by atoms with van der Waals surface area (Å²) in [6, 6.07) is 7.99. The van der Waals surface area contributed by atoms with E-state index in [9.17, 15) is 9.59 Å². The van der Waals surface area contributed by atoms with Gasteiger partial charge in [0.25, 0.3) is 0 Å². The van der Waals surface area contributed by atoms with Crippen LogP contribution in [0.15, 0.2) is 24.3 Å². The van der Waals surface area contributed by atoms with E-state index in [1.165, 1.54) is 5.56 Å². The lowest BCUT2D eigenvalue weighted by molar-refractivity contribution is -0.130. The van der Waals surface area contributed by atoms with E-state index in [0.29, 0.717) is 18.9 Å². The normalized spacial score (nSPS) is 16.2. The molecule has 2 rings (SSSR count). The molecule has 0 aromatic heterocycles. The molecule has 156 valence electrons. The number of anilines is 1. The summed E-state index contributed by atoms with van der Waals surface area (Å²) in [4.78, 5) is 27.7. The molecule has 1 aromatic carbocycles. The predicted molar refractivity (Wildman–Crippen MR) is 112 cm³/mol. The fourth-order valence-electron chi connectivity index (χ4n) is 3.48. The number of nitrogens with zero attached hydrogens (tertiary/aromatic N) is 2. The van der Waals surface area contributed by atoms with Crippen LogP contribution in [0.2, 0.25) is 0 Å². The Labute approximate surface area is 169 Å². The topological polar surface area (TPSA) is 61.9 Å². The summed E-state index contributed by atoms with van der Waals surface area (Å²) in [5, 5.41) is 2.93. The van der Waals surface area contributed by atoms with Crippen molar-refractivity contribution in [3.63, 3.8) is 0 Å². The second kappa shape index (κ2) is 11.2. The van der Waals surface area contributed by atoms with E-state index in [-0.39, 0.29) is 17.9 Å². The van der Waals surface area contributed by atoms with Crippen molar-refractivity contribution in [3.8, 4) is 0 Å². The molecule has 0 saturated carbocycles. The molecule has 1 aliphatic rings. The Morgan fingerprint density at radius 1 is 1.07 bits per heavy atom. The molecule has 1 fully saturated rings. The van der Waals surface area contributed by atoms with Gasteiger partial charge in [0.05, 0.1) is 19.1 Å². The standard InChI is InChI=1S/C22H35N3O3/c1-17(2)15-18(3)28-14-9-22(27)23-21-7-5-20(6-8-21)16-24-10-12-25(13-11-24)19(4)26/h5-8,17-18H,9-16H2,1-4H3,(H,23,27). The lowest BCUT2D eigenvalue weighted by Gasteiger charge is -2.34. The lowest BCUT2D eigenvalue weighted by Crippen LogP contribution is -2.47. The van der Waals surface area contributed by atoms with Crippen LogP contribution >= 0.6 is 0 Å². The number of hydrogen-bond acceptors (Lipinski definition) is 4. The Hall–Kier alpha value is -1.92. The van der Waals surface area contributed by atoms with Crippen LogP contribution in [-0.4, -0.2) is 60.5 Å². The van der Waals surface area contributed by atoms with Crippen molar-refractivity contribution < 1.29 is 14.3 Å². The molecule has 1 aliphatic heterocycles. The van der Waals surface area contributed by atoms with Crippen molar-refractivity contribution in [2.45, 2.75) is 53.2 Å². The molecule has 0 spiro atoms. The maximum absolute atomic E-state index is 12.1. The van der Waals surface area contributed by atoms with Gasteiger partial charge >= 0.3 is 0 Å². The summed E-state index contributed by atoms with van der Waals surface area (Å²) in [7, 11) is 0. The Morgan fingerprint density at radius 3 is 2.29 bits per heavy atom. The molecule has 1 atom stereocenters. The predicted octanol–water partition coefficient (Wildman–Crippen LogP) is 3.13. The van der Waals surface area contributed by atoms with Crippen molar-refractivity contribution in [1.82, 2.24) is 9.80 Å². The third-order valence-electron chi connectivity index (χ3n) is 5.00. The zero-order valence-corrected chi connectivity index (χ0v) is 17.7. The number of hydrogen-bond donors (Lipinski definition) is 1. The smallest absolute Gasteiger partial charge is 0.226 e. The summed E-state index contributed by atoms with van der Waals surface area (Å²) in [6.45, 7) is 12.7. The minimum absolute atomic E-state index is 0.0233. The van der Waals surface area contributed by atoms with Gasteiger partial charge in [-0.3, -0.25) is 14.5 Å². The van der Waals surface area contributed by atoms with Gasteiger partial charge < -0.3 is 15.0 Å². The number of benzene rings is 1. The number of amides is 2. The van der Waals surface area contributed by atoms with Gasteiger partial charge in [-0.05, 0) is 37.0 Å². The summed E-state index contributed by atoms with van der Waals surface area (Å²) in [5.74, 6) is 0.727. The first-order valence-corrected chi connectivity index (χ1v) is 10.3. The maximum Gasteiger partial charge on any atom is 0.226 e. The van der Waals surface area contributed by atoms with Crippen LogP contribution in [0.5, 0.6) is 0 Å². The molecule has 1 saturated heterocycles. The maximum atomic E-state index is 12.1. The first kappa shape index (κ1) is 22.4. The van der Waals surface area contributed by atoms with Crippen LogP contribution in [-0.2, 0) is 20.9 Å². The molecule has 6 nitrogen and oxygen atoms in total. The van der Waals surface area contributed by atoms with Gasteiger partial charge in [-0.25, -0.2) is 0 Å². The third-order valence-corrected chi connectivity index (χ3v) is 5.00. The Kier molecular flexibility index (Phi) is 8.93. The van der Waals surface area contributed by atoms with Gasteiger partial charge in [-0.1, -0.05) is 26.0 Å². The second-order valence-electron chi connectivity index (χ2n) is 8.09. The Morgan fingerprint density at radius 2 is 1.71 bits per heavy atom. The zero-order valence-electron chi connectivity index (χ0n) is 17.7. The van der Waals surface area contributed by atoms with Crippen molar-refractivity contribution >= 4 is 17.5 Å². The van der Waals surface area contributed by atoms with Crippen molar-refractivity contribution in [2.24, 2.45) is 5.92 Å². The highest BCUT2D eigenvalue weighted by Crippen LogP contribution is 2.14. The fraction of sp³-hybridized carbons (Fsp3) is 0.636. The summed E-state index contributed by atoms with van der Waals surface area (Å²) >= 11 is 0. The van der Waals surface area contributed by atoms with Crippen LogP contribution in [0.4, 0.5) is 5.69 Å². The molecule has 0 bridgehead atoms. The Bertz CT molecular complexity index is 622.